The summed E-state index contributed by atoms with van der Waals surface area (Å²) in [5.74, 6) is 0. The Hall–Kier alpha value is -1.68. The fraction of sp³-hybridized carbons (Fsp3) is 0.0667. The first-order chi connectivity index (χ1) is 9.66. The van der Waals surface area contributed by atoms with Gasteiger partial charge in [-0.3, -0.25) is 9.97 Å². The van der Waals surface area contributed by atoms with Gasteiger partial charge in [0.15, 0.2) is 0 Å². The second-order valence-corrected chi connectivity index (χ2v) is 5.21. The van der Waals surface area contributed by atoms with Gasteiger partial charge in [0, 0.05) is 12.4 Å². The third-order valence-electron chi connectivity index (χ3n) is 3.17. The molecule has 0 spiro atoms. The number of benzene rings is 2. The smallest absolute Gasteiger partial charge is 0.0890 e. The standard InChI is InChI=1S/C15H11Cl2N3/c16-11-3-1-2-10(14(11)17)15(18)9-4-5-12-13(8-9)20-7-6-19-12/h1-8,15H,18H2. The highest BCUT2D eigenvalue weighted by atomic mass is 35.5. The zero-order valence-corrected chi connectivity index (χ0v) is 11.9. The molecule has 0 aliphatic rings. The highest BCUT2D eigenvalue weighted by Gasteiger charge is 2.15. The normalized spacial score (nSPS) is 12.6. The minimum absolute atomic E-state index is 0.354. The van der Waals surface area contributed by atoms with Crippen LogP contribution in [0.1, 0.15) is 17.2 Å². The number of aromatic nitrogens is 2. The lowest BCUT2D eigenvalue weighted by atomic mass is 9.99. The zero-order chi connectivity index (χ0) is 14.1. The summed E-state index contributed by atoms with van der Waals surface area (Å²) in [7, 11) is 0. The van der Waals surface area contributed by atoms with Crippen molar-refractivity contribution in [1.82, 2.24) is 9.97 Å². The molecule has 5 heteroatoms. The first-order valence-electron chi connectivity index (χ1n) is 6.07. The van der Waals surface area contributed by atoms with Crippen LogP contribution in [0, 0.1) is 0 Å². The molecule has 3 aromatic rings. The van der Waals surface area contributed by atoms with Crippen LogP contribution < -0.4 is 5.73 Å². The van der Waals surface area contributed by atoms with Gasteiger partial charge in [0.05, 0.1) is 27.1 Å². The lowest BCUT2D eigenvalue weighted by molar-refractivity contribution is 0.873. The zero-order valence-electron chi connectivity index (χ0n) is 10.4. The topological polar surface area (TPSA) is 51.8 Å². The van der Waals surface area contributed by atoms with Crippen molar-refractivity contribution >= 4 is 34.2 Å². The quantitative estimate of drug-likeness (QED) is 0.779. The van der Waals surface area contributed by atoms with Crippen LogP contribution in [-0.2, 0) is 0 Å². The lowest BCUT2D eigenvalue weighted by Crippen LogP contribution is -2.12. The molecule has 100 valence electrons. The summed E-state index contributed by atoms with van der Waals surface area (Å²) in [4.78, 5) is 8.52. The molecule has 3 rings (SSSR count). The Morgan fingerprint density at radius 1 is 0.950 bits per heavy atom. The predicted octanol–water partition coefficient (Wildman–Crippen LogP) is 3.98. The summed E-state index contributed by atoms with van der Waals surface area (Å²) in [6, 6.07) is 10.8. The van der Waals surface area contributed by atoms with Crippen LogP contribution in [0.5, 0.6) is 0 Å². The SMILES string of the molecule is NC(c1ccc2nccnc2c1)c1cccc(Cl)c1Cl. The molecule has 1 unspecified atom stereocenters. The van der Waals surface area contributed by atoms with Crippen LogP contribution in [0.15, 0.2) is 48.8 Å². The second-order valence-electron chi connectivity index (χ2n) is 4.43. The highest BCUT2D eigenvalue weighted by Crippen LogP contribution is 2.32. The average molecular weight is 304 g/mol. The molecule has 20 heavy (non-hydrogen) atoms. The Bertz CT molecular complexity index is 774. The molecule has 0 bridgehead atoms. The molecule has 0 saturated heterocycles. The summed E-state index contributed by atoms with van der Waals surface area (Å²) in [6.45, 7) is 0. The molecule has 0 saturated carbocycles. The fourth-order valence-corrected chi connectivity index (χ4v) is 2.54. The van der Waals surface area contributed by atoms with Gasteiger partial charge in [-0.25, -0.2) is 0 Å². The first kappa shape index (κ1) is 13.3. The predicted molar refractivity (Wildman–Crippen MR) is 82.0 cm³/mol. The van der Waals surface area contributed by atoms with Crippen molar-refractivity contribution in [3.63, 3.8) is 0 Å². The van der Waals surface area contributed by atoms with Gasteiger partial charge in [0.2, 0.25) is 0 Å². The van der Waals surface area contributed by atoms with Crippen LogP contribution in [-0.4, -0.2) is 9.97 Å². The van der Waals surface area contributed by atoms with Crippen molar-refractivity contribution in [3.05, 3.63) is 70.0 Å². The molecule has 1 atom stereocenters. The average Bonchev–Trinajstić information content (AvgIpc) is 2.49. The van der Waals surface area contributed by atoms with Gasteiger partial charge in [-0.2, -0.15) is 0 Å². The third-order valence-corrected chi connectivity index (χ3v) is 4.00. The van der Waals surface area contributed by atoms with Gasteiger partial charge in [-0.05, 0) is 29.3 Å². The van der Waals surface area contributed by atoms with Crippen LogP contribution in [0.3, 0.4) is 0 Å². The van der Waals surface area contributed by atoms with E-state index in [0.29, 0.717) is 10.0 Å². The van der Waals surface area contributed by atoms with Crippen LogP contribution in [0.4, 0.5) is 0 Å². The molecular weight excluding hydrogens is 293 g/mol. The fourth-order valence-electron chi connectivity index (χ4n) is 2.11. The molecule has 0 amide bonds. The van der Waals surface area contributed by atoms with Crippen molar-refractivity contribution in [2.75, 3.05) is 0 Å². The maximum absolute atomic E-state index is 6.29. The Morgan fingerprint density at radius 3 is 2.50 bits per heavy atom. The molecule has 2 aromatic carbocycles. The van der Waals surface area contributed by atoms with E-state index in [-0.39, 0.29) is 6.04 Å². The number of rotatable bonds is 2. The first-order valence-corrected chi connectivity index (χ1v) is 6.82. The number of halogens is 2. The van der Waals surface area contributed by atoms with E-state index < -0.39 is 0 Å². The molecule has 0 fully saturated rings. The minimum Gasteiger partial charge on any atom is -0.320 e. The minimum atomic E-state index is -0.354. The molecule has 0 aliphatic carbocycles. The van der Waals surface area contributed by atoms with Crippen molar-refractivity contribution in [3.8, 4) is 0 Å². The molecule has 0 radical (unpaired) electrons. The molecule has 1 heterocycles. The molecule has 3 nitrogen and oxygen atoms in total. The summed E-state index contributed by atoms with van der Waals surface area (Å²) in [5, 5.41) is 0.987. The van der Waals surface area contributed by atoms with Crippen molar-refractivity contribution in [1.29, 1.82) is 0 Å². The van der Waals surface area contributed by atoms with E-state index in [4.69, 9.17) is 28.9 Å². The van der Waals surface area contributed by atoms with Gasteiger partial charge < -0.3 is 5.73 Å². The van der Waals surface area contributed by atoms with Gasteiger partial charge >= 0.3 is 0 Å². The summed E-state index contributed by atoms with van der Waals surface area (Å²) < 4.78 is 0. The molecule has 0 aliphatic heterocycles. The third kappa shape index (κ3) is 2.36. The molecular formula is C15H11Cl2N3. The van der Waals surface area contributed by atoms with E-state index in [0.717, 1.165) is 22.2 Å². The van der Waals surface area contributed by atoms with E-state index >= 15 is 0 Å². The van der Waals surface area contributed by atoms with E-state index in [2.05, 4.69) is 9.97 Å². The highest BCUT2D eigenvalue weighted by molar-refractivity contribution is 6.42. The largest absolute Gasteiger partial charge is 0.320 e. The van der Waals surface area contributed by atoms with E-state index in [1.54, 1.807) is 18.5 Å². The number of hydrogen-bond acceptors (Lipinski definition) is 3. The summed E-state index contributed by atoms with van der Waals surface area (Å²) in [6.07, 6.45) is 3.32. The van der Waals surface area contributed by atoms with Crippen molar-refractivity contribution in [2.45, 2.75) is 6.04 Å². The van der Waals surface area contributed by atoms with E-state index in [1.165, 1.54) is 0 Å². The van der Waals surface area contributed by atoms with Gasteiger partial charge in [-0.15, -0.1) is 0 Å². The Labute approximate surface area is 126 Å². The number of nitrogens with zero attached hydrogens (tertiary/aromatic N) is 2. The maximum atomic E-state index is 6.29. The van der Waals surface area contributed by atoms with Gasteiger partial charge in [0.25, 0.3) is 0 Å². The van der Waals surface area contributed by atoms with Crippen LogP contribution >= 0.6 is 23.2 Å². The number of hydrogen-bond donors (Lipinski definition) is 1. The second kappa shape index (κ2) is 5.37. The lowest BCUT2D eigenvalue weighted by Gasteiger charge is -2.15. The molecule has 1 aromatic heterocycles. The number of nitrogens with two attached hydrogens (primary N) is 1. The number of fused-ring (bicyclic) bond motifs is 1. The van der Waals surface area contributed by atoms with Gasteiger partial charge in [-0.1, -0.05) is 41.4 Å². The van der Waals surface area contributed by atoms with Crippen LogP contribution in [0.25, 0.3) is 11.0 Å². The Morgan fingerprint density at radius 2 is 1.70 bits per heavy atom. The Kier molecular flexibility index (Phi) is 3.57. The summed E-state index contributed by atoms with van der Waals surface area (Å²) in [5.41, 5.74) is 9.64. The van der Waals surface area contributed by atoms with E-state index in [9.17, 15) is 0 Å². The van der Waals surface area contributed by atoms with Crippen molar-refractivity contribution in [2.24, 2.45) is 5.73 Å². The Balaban J connectivity index is 2.08. The van der Waals surface area contributed by atoms with Gasteiger partial charge in [0.1, 0.15) is 0 Å². The monoisotopic (exact) mass is 303 g/mol. The maximum Gasteiger partial charge on any atom is 0.0890 e. The van der Waals surface area contributed by atoms with E-state index in [1.807, 2.05) is 30.3 Å². The van der Waals surface area contributed by atoms with Crippen molar-refractivity contribution < 1.29 is 0 Å². The van der Waals surface area contributed by atoms with Crippen LogP contribution in [0.2, 0.25) is 10.0 Å². The summed E-state index contributed by atoms with van der Waals surface area (Å²) >= 11 is 12.2. The molecule has 2 N–H and O–H groups in total.